The van der Waals surface area contributed by atoms with Gasteiger partial charge in [-0.3, -0.25) is 9.59 Å². The maximum atomic E-state index is 12.6. The highest BCUT2D eigenvalue weighted by Crippen LogP contribution is 2.17. The molecule has 25 heavy (non-hydrogen) atoms. The van der Waals surface area contributed by atoms with Crippen LogP contribution < -0.4 is 0 Å². The number of carboxylic acid groups (broad SMARTS) is 1. The van der Waals surface area contributed by atoms with E-state index in [9.17, 15) is 18.0 Å². The van der Waals surface area contributed by atoms with Gasteiger partial charge in [0.25, 0.3) is 15.9 Å². The van der Waals surface area contributed by atoms with Crippen LogP contribution in [0.15, 0.2) is 47.6 Å². The maximum absolute atomic E-state index is 12.6. The molecule has 0 radical (unpaired) electrons. The Morgan fingerprint density at radius 2 is 1.80 bits per heavy atom. The van der Waals surface area contributed by atoms with E-state index in [1.807, 2.05) is 13.8 Å². The van der Waals surface area contributed by atoms with Gasteiger partial charge in [-0.1, -0.05) is 24.6 Å². The average molecular weight is 364 g/mol. The van der Waals surface area contributed by atoms with Crippen LogP contribution in [0.1, 0.15) is 29.3 Å². The number of carboxylic acids is 1. The zero-order valence-corrected chi connectivity index (χ0v) is 14.9. The Kier molecular flexibility index (Phi) is 5.63. The van der Waals surface area contributed by atoms with E-state index in [2.05, 4.69) is 0 Å². The summed E-state index contributed by atoms with van der Waals surface area (Å²) in [6, 6.07) is 7.76. The van der Waals surface area contributed by atoms with Crippen molar-refractivity contribution in [3.05, 3.63) is 53.9 Å². The second-order valence-electron chi connectivity index (χ2n) is 5.67. The van der Waals surface area contributed by atoms with E-state index in [0.29, 0.717) is 6.42 Å². The summed E-state index contributed by atoms with van der Waals surface area (Å²) < 4.78 is 26.2. The highest BCUT2D eigenvalue weighted by Gasteiger charge is 2.22. The van der Waals surface area contributed by atoms with Gasteiger partial charge >= 0.3 is 5.97 Å². The Morgan fingerprint density at radius 1 is 1.16 bits per heavy atom. The number of hydrogen-bond acceptors (Lipinski definition) is 4. The molecule has 0 fully saturated rings. The molecule has 0 aliphatic heterocycles. The molecule has 0 aliphatic carbocycles. The highest BCUT2D eigenvalue weighted by molar-refractivity contribution is 7.90. The molecule has 1 heterocycles. The number of aromatic nitrogens is 1. The molecule has 1 N–H and O–H groups in total. The lowest BCUT2D eigenvalue weighted by Crippen LogP contribution is -2.36. The molecule has 7 nitrogen and oxygen atoms in total. The van der Waals surface area contributed by atoms with Gasteiger partial charge in [0.2, 0.25) is 0 Å². The second kappa shape index (κ2) is 7.52. The molecule has 0 aliphatic rings. The van der Waals surface area contributed by atoms with Crippen molar-refractivity contribution in [3.8, 4) is 0 Å². The molecule has 134 valence electrons. The number of rotatable bonds is 7. The van der Waals surface area contributed by atoms with E-state index in [1.165, 1.54) is 35.5 Å². The van der Waals surface area contributed by atoms with Crippen LogP contribution >= 0.6 is 0 Å². The zero-order chi connectivity index (χ0) is 18.6. The van der Waals surface area contributed by atoms with Crippen LogP contribution in [-0.4, -0.2) is 47.4 Å². The van der Waals surface area contributed by atoms with Crippen molar-refractivity contribution in [1.29, 1.82) is 0 Å². The lowest BCUT2D eigenvalue weighted by atomic mass is 10.2. The van der Waals surface area contributed by atoms with Gasteiger partial charge in [-0.2, -0.15) is 0 Å². The number of hydrogen-bond donors (Lipinski definition) is 1. The van der Waals surface area contributed by atoms with Crippen molar-refractivity contribution in [1.82, 2.24) is 8.87 Å². The Morgan fingerprint density at radius 3 is 2.36 bits per heavy atom. The summed E-state index contributed by atoms with van der Waals surface area (Å²) in [4.78, 5) is 24.6. The smallest absolute Gasteiger partial charge is 0.323 e. The van der Waals surface area contributed by atoms with Gasteiger partial charge < -0.3 is 10.0 Å². The summed E-state index contributed by atoms with van der Waals surface area (Å²) in [5, 5.41) is 8.92. The summed E-state index contributed by atoms with van der Waals surface area (Å²) in [5.41, 5.74) is 1.07. The molecule has 8 heteroatoms. The molecule has 0 atom stereocenters. The SMILES string of the molecule is CCCN(CC(=O)O)C(=O)c1ccn(S(=O)(=O)c2ccc(C)cc2)c1. The number of benzene rings is 1. The Bertz CT molecular complexity index is 869. The fourth-order valence-electron chi connectivity index (χ4n) is 2.35. The first kappa shape index (κ1) is 18.7. The minimum absolute atomic E-state index is 0.114. The molecule has 1 aromatic carbocycles. The zero-order valence-electron chi connectivity index (χ0n) is 14.0. The Labute approximate surface area is 146 Å². The largest absolute Gasteiger partial charge is 0.480 e. The second-order valence-corrected chi connectivity index (χ2v) is 7.51. The van der Waals surface area contributed by atoms with Crippen LogP contribution in [0, 0.1) is 6.92 Å². The third-order valence-corrected chi connectivity index (χ3v) is 5.27. The van der Waals surface area contributed by atoms with Crippen molar-refractivity contribution in [2.75, 3.05) is 13.1 Å². The normalized spacial score (nSPS) is 11.3. The van der Waals surface area contributed by atoms with E-state index in [0.717, 1.165) is 9.54 Å². The monoisotopic (exact) mass is 364 g/mol. The van der Waals surface area contributed by atoms with Gasteiger partial charge in [0, 0.05) is 18.9 Å². The molecular formula is C17H20N2O5S. The van der Waals surface area contributed by atoms with Crippen molar-refractivity contribution in [3.63, 3.8) is 0 Å². The predicted octanol–water partition coefficient (Wildman–Crippen LogP) is 1.97. The number of carbonyl (C=O) groups is 2. The standard InChI is InChI=1S/C17H20N2O5S/c1-3-9-18(12-16(20)21)17(22)14-8-10-19(11-14)25(23,24)15-6-4-13(2)5-7-15/h4-8,10-11H,3,9,12H2,1-2H3,(H,20,21). The van der Waals surface area contributed by atoms with Gasteiger partial charge in [-0.15, -0.1) is 0 Å². The molecule has 0 saturated heterocycles. The van der Waals surface area contributed by atoms with E-state index in [4.69, 9.17) is 5.11 Å². The molecule has 0 bridgehead atoms. The molecule has 0 saturated carbocycles. The molecule has 1 aromatic heterocycles. The van der Waals surface area contributed by atoms with Crippen molar-refractivity contribution in [2.45, 2.75) is 25.2 Å². The maximum Gasteiger partial charge on any atom is 0.323 e. The molecule has 0 spiro atoms. The van der Waals surface area contributed by atoms with Gasteiger partial charge in [0.05, 0.1) is 10.5 Å². The van der Waals surface area contributed by atoms with Crippen LogP contribution in [0.4, 0.5) is 0 Å². The van der Waals surface area contributed by atoms with E-state index >= 15 is 0 Å². The lowest BCUT2D eigenvalue weighted by molar-refractivity contribution is -0.137. The van der Waals surface area contributed by atoms with E-state index in [1.54, 1.807) is 12.1 Å². The third kappa shape index (κ3) is 4.27. The molecular weight excluding hydrogens is 344 g/mol. The lowest BCUT2D eigenvalue weighted by Gasteiger charge is -2.19. The quantitative estimate of drug-likeness (QED) is 0.810. The van der Waals surface area contributed by atoms with E-state index in [-0.39, 0.29) is 17.0 Å². The molecule has 0 unspecified atom stereocenters. The summed E-state index contributed by atoms with van der Waals surface area (Å²) >= 11 is 0. The van der Waals surface area contributed by atoms with Crippen LogP contribution in [0.2, 0.25) is 0 Å². The first-order valence-electron chi connectivity index (χ1n) is 7.77. The fourth-order valence-corrected chi connectivity index (χ4v) is 3.55. The van der Waals surface area contributed by atoms with Gasteiger partial charge in [0.15, 0.2) is 0 Å². The van der Waals surface area contributed by atoms with Crippen molar-refractivity contribution >= 4 is 21.9 Å². The van der Waals surface area contributed by atoms with Crippen LogP contribution in [0.25, 0.3) is 0 Å². The number of aryl methyl sites for hydroxylation is 1. The van der Waals surface area contributed by atoms with Crippen LogP contribution in [0.5, 0.6) is 0 Å². The number of carbonyl (C=O) groups excluding carboxylic acids is 1. The molecule has 1 amide bonds. The van der Waals surface area contributed by atoms with Gasteiger partial charge in [-0.25, -0.2) is 12.4 Å². The third-order valence-electron chi connectivity index (χ3n) is 3.62. The molecule has 2 aromatic rings. The average Bonchev–Trinajstić information content (AvgIpc) is 3.04. The van der Waals surface area contributed by atoms with E-state index < -0.39 is 28.4 Å². The van der Waals surface area contributed by atoms with Crippen LogP contribution in [0.3, 0.4) is 0 Å². The van der Waals surface area contributed by atoms with Crippen molar-refractivity contribution < 1.29 is 23.1 Å². The highest BCUT2D eigenvalue weighted by atomic mass is 32.2. The minimum Gasteiger partial charge on any atom is -0.480 e. The number of nitrogens with zero attached hydrogens (tertiary/aromatic N) is 2. The summed E-state index contributed by atoms with van der Waals surface area (Å²) in [7, 11) is -3.80. The first-order valence-corrected chi connectivity index (χ1v) is 9.21. The topological polar surface area (TPSA) is 96.7 Å². The van der Waals surface area contributed by atoms with Gasteiger partial charge in [-0.05, 0) is 31.5 Å². The summed E-state index contributed by atoms with van der Waals surface area (Å²) in [6.45, 7) is 3.53. The Hall–Kier alpha value is -2.61. The minimum atomic E-state index is -3.80. The summed E-state index contributed by atoms with van der Waals surface area (Å²) in [6.07, 6.45) is 3.09. The number of amides is 1. The molecule has 2 rings (SSSR count). The van der Waals surface area contributed by atoms with Crippen LogP contribution in [-0.2, 0) is 14.8 Å². The van der Waals surface area contributed by atoms with Gasteiger partial charge in [0.1, 0.15) is 6.54 Å². The Balaban J connectivity index is 2.30. The predicted molar refractivity (Wildman–Crippen MR) is 92.0 cm³/mol. The first-order chi connectivity index (χ1) is 11.8. The van der Waals surface area contributed by atoms with Crippen molar-refractivity contribution in [2.24, 2.45) is 0 Å². The fraction of sp³-hybridized carbons (Fsp3) is 0.294. The summed E-state index contributed by atoms with van der Waals surface area (Å²) in [5.74, 6) is -1.63. The number of aliphatic carboxylic acids is 1.